The van der Waals surface area contributed by atoms with Crippen LogP contribution in [0.5, 0.6) is 0 Å². The Kier molecular flexibility index (Phi) is 4.56. The van der Waals surface area contributed by atoms with Crippen LogP contribution in [0.2, 0.25) is 0 Å². The van der Waals surface area contributed by atoms with E-state index in [0.717, 1.165) is 37.5 Å². The van der Waals surface area contributed by atoms with Gasteiger partial charge in [-0.2, -0.15) is 0 Å². The number of imide groups is 1. The van der Waals surface area contributed by atoms with Crippen LogP contribution in [0.4, 0.5) is 19.3 Å². The fourth-order valence-corrected chi connectivity index (χ4v) is 3.90. The van der Waals surface area contributed by atoms with Crippen molar-refractivity contribution in [2.24, 2.45) is 0 Å². The first-order valence-corrected chi connectivity index (χ1v) is 9.29. The van der Waals surface area contributed by atoms with E-state index in [4.69, 9.17) is 0 Å². The van der Waals surface area contributed by atoms with Crippen LogP contribution in [0.25, 0.3) is 0 Å². The monoisotopic (exact) mass is 399 g/mol. The molecule has 1 aliphatic heterocycles. The molecule has 0 saturated carbocycles. The summed E-state index contributed by atoms with van der Waals surface area (Å²) in [6.07, 6.45) is 3.04. The Bertz CT molecular complexity index is 1040. The summed E-state index contributed by atoms with van der Waals surface area (Å²) in [5, 5.41) is 5.05. The number of anilines is 1. The first-order chi connectivity index (χ1) is 13.8. The molecule has 1 unspecified atom stereocenters. The second-order valence-corrected chi connectivity index (χ2v) is 7.46. The number of carbonyl (C=O) groups is 3. The molecule has 0 spiro atoms. The van der Waals surface area contributed by atoms with E-state index in [-0.39, 0.29) is 5.56 Å². The minimum Gasteiger partial charge on any atom is -0.325 e. The normalized spacial score (nSPS) is 20.6. The van der Waals surface area contributed by atoms with Gasteiger partial charge in [-0.3, -0.25) is 14.5 Å². The highest BCUT2D eigenvalue weighted by Gasteiger charge is 2.50. The molecule has 4 amide bonds. The van der Waals surface area contributed by atoms with Crippen molar-refractivity contribution in [3.63, 3.8) is 0 Å². The zero-order valence-corrected chi connectivity index (χ0v) is 15.7. The number of nitrogens with zero attached hydrogens (tertiary/aromatic N) is 1. The zero-order valence-electron chi connectivity index (χ0n) is 15.7. The molecular formula is C21H19F2N3O3. The summed E-state index contributed by atoms with van der Waals surface area (Å²) >= 11 is 0. The second-order valence-electron chi connectivity index (χ2n) is 7.46. The molecule has 0 bridgehead atoms. The number of amides is 4. The van der Waals surface area contributed by atoms with E-state index in [1.165, 1.54) is 18.1 Å². The van der Waals surface area contributed by atoms with Crippen molar-refractivity contribution in [3.05, 3.63) is 64.7 Å². The summed E-state index contributed by atoms with van der Waals surface area (Å²) in [6, 6.07) is 7.45. The van der Waals surface area contributed by atoms with E-state index < -0.39 is 41.6 Å². The molecule has 2 aliphatic rings. The van der Waals surface area contributed by atoms with Crippen LogP contribution in [-0.2, 0) is 28.0 Å². The van der Waals surface area contributed by atoms with Crippen molar-refractivity contribution in [2.45, 2.75) is 31.7 Å². The molecule has 1 atom stereocenters. The third-order valence-electron chi connectivity index (χ3n) is 5.43. The lowest BCUT2D eigenvalue weighted by molar-refractivity contribution is -0.133. The standard InChI is InChI=1S/C21H19F2N3O3/c1-21(16-10-14(22)6-8-17(16)23)19(28)26(20(29)25-21)11-18(27)24-15-7-5-12-3-2-4-13(12)9-15/h5-10H,2-4,11H2,1H3,(H,24,27)(H,25,29). The van der Waals surface area contributed by atoms with Crippen molar-refractivity contribution in [1.29, 1.82) is 0 Å². The number of halogens is 2. The number of nitrogens with one attached hydrogen (secondary N) is 2. The highest BCUT2D eigenvalue weighted by Crippen LogP contribution is 2.31. The van der Waals surface area contributed by atoms with Crippen LogP contribution < -0.4 is 10.6 Å². The summed E-state index contributed by atoms with van der Waals surface area (Å²) in [4.78, 5) is 38.2. The van der Waals surface area contributed by atoms with Crippen molar-refractivity contribution < 1.29 is 23.2 Å². The van der Waals surface area contributed by atoms with Gasteiger partial charge in [0.15, 0.2) is 0 Å². The van der Waals surface area contributed by atoms with E-state index in [1.54, 1.807) is 6.07 Å². The molecule has 1 aliphatic carbocycles. The van der Waals surface area contributed by atoms with Gasteiger partial charge in [0.1, 0.15) is 23.7 Å². The van der Waals surface area contributed by atoms with Crippen LogP contribution in [-0.4, -0.2) is 29.3 Å². The first kappa shape index (κ1) is 19.0. The van der Waals surface area contributed by atoms with Gasteiger partial charge in [-0.25, -0.2) is 13.6 Å². The second kappa shape index (κ2) is 6.95. The number of carbonyl (C=O) groups excluding carboxylic acids is 3. The van der Waals surface area contributed by atoms with E-state index in [1.807, 2.05) is 12.1 Å². The lowest BCUT2D eigenvalue weighted by Crippen LogP contribution is -2.42. The Morgan fingerprint density at radius 2 is 1.90 bits per heavy atom. The maximum Gasteiger partial charge on any atom is 0.325 e. The topological polar surface area (TPSA) is 78.5 Å². The molecule has 4 rings (SSSR count). The Hall–Kier alpha value is -3.29. The van der Waals surface area contributed by atoms with E-state index in [2.05, 4.69) is 10.6 Å². The number of rotatable bonds is 4. The number of hydrogen-bond donors (Lipinski definition) is 2. The molecule has 1 heterocycles. The molecule has 150 valence electrons. The van der Waals surface area contributed by atoms with Gasteiger partial charge >= 0.3 is 6.03 Å². The fourth-order valence-electron chi connectivity index (χ4n) is 3.90. The van der Waals surface area contributed by atoms with Gasteiger partial charge < -0.3 is 10.6 Å². The predicted octanol–water partition coefficient (Wildman–Crippen LogP) is 2.86. The van der Waals surface area contributed by atoms with Gasteiger partial charge in [0.25, 0.3) is 5.91 Å². The molecule has 8 heteroatoms. The van der Waals surface area contributed by atoms with Crippen LogP contribution in [0.3, 0.4) is 0 Å². The summed E-state index contributed by atoms with van der Waals surface area (Å²) in [7, 11) is 0. The lowest BCUT2D eigenvalue weighted by Gasteiger charge is -2.22. The maximum absolute atomic E-state index is 14.2. The molecule has 1 fully saturated rings. The molecule has 0 radical (unpaired) electrons. The van der Waals surface area contributed by atoms with Crippen molar-refractivity contribution in [3.8, 4) is 0 Å². The fraction of sp³-hybridized carbons (Fsp3) is 0.286. The summed E-state index contributed by atoms with van der Waals surface area (Å²) in [5.41, 5.74) is 0.924. The zero-order chi connectivity index (χ0) is 20.8. The van der Waals surface area contributed by atoms with E-state index in [0.29, 0.717) is 10.6 Å². The number of hydrogen-bond acceptors (Lipinski definition) is 3. The largest absolute Gasteiger partial charge is 0.325 e. The highest BCUT2D eigenvalue weighted by atomic mass is 19.1. The summed E-state index contributed by atoms with van der Waals surface area (Å²) in [6.45, 7) is 0.748. The Labute approximate surface area is 165 Å². The summed E-state index contributed by atoms with van der Waals surface area (Å²) in [5.74, 6) is -2.95. The van der Waals surface area contributed by atoms with E-state index >= 15 is 0 Å². The van der Waals surface area contributed by atoms with Gasteiger partial charge in [0.2, 0.25) is 5.91 Å². The number of benzene rings is 2. The molecule has 2 aromatic carbocycles. The average Bonchev–Trinajstić information content (AvgIpc) is 3.22. The van der Waals surface area contributed by atoms with Gasteiger partial charge in [-0.05, 0) is 67.6 Å². The molecule has 2 aromatic rings. The van der Waals surface area contributed by atoms with Crippen LogP contribution >= 0.6 is 0 Å². The SMILES string of the molecule is CC1(c2cc(F)ccc2F)NC(=O)N(CC(=O)Nc2ccc3c(c2)CCC3)C1=O. The highest BCUT2D eigenvalue weighted by molar-refractivity contribution is 6.10. The van der Waals surface area contributed by atoms with Gasteiger partial charge in [0, 0.05) is 11.3 Å². The number of aryl methyl sites for hydroxylation is 2. The third-order valence-corrected chi connectivity index (χ3v) is 5.43. The number of urea groups is 1. The third kappa shape index (κ3) is 3.35. The quantitative estimate of drug-likeness (QED) is 0.776. The minimum absolute atomic E-state index is 0.294. The molecule has 1 saturated heterocycles. The Morgan fingerprint density at radius 3 is 2.69 bits per heavy atom. The number of fused-ring (bicyclic) bond motifs is 1. The smallest absolute Gasteiger partial charge is 0.325 e. The maximum atomic E-state index is 14.2. The van der Waals surface area contributed by atoms with Crippen molar-refractivity contribution in [1.82, 2.24) is 10.2 Å². The average molecular weight is 399 g/mol. The minimum atomic E-state index is -1.79. The predicted molar refractivity (Wildman–Crippen MR) is 101 cm³/mol. The van der Waals surface area contributed by atoms with Gasteiger partial charge in [0.05, 0.1) is 0 Å². The molecule has 0 aromatic heterocycles. The van der Waals surface area contributed by atoms with Crippen molar-refractivity contribution in [2.75, 3.05) is 11.9 Å². The van der Waals surface area contributed by atoms with Gasteiger partial charge in [-0.1, -0.05) is 6.07 Å². The Balaban J connectivity index is 1.50. The molecular weight excluding hydrogens is 380 g/mol. The summed E-state index contributed by atoms with van der Waals surface area (Å²) < 4.78 is 27.8. The Morgan fingerprint density at radius 1 is 1.14 bits per heavy atom. The lowest BCUT2D eigenvalue weighted by atomic mass is 9.91. The molecule has 2 N–H and O–H groups in total. The van der Waals surface area contributed by atoms with Crippen LogP contribution in [0.1, 0.15) is 30.0 Å². The molecule has 29 heavy (non-hydrogen) atoms. The molecule has 6 nitrogen and oxygen atoms in total. The van der Waals surface area contributed by atoms with Crippen LogP contribution in [0, 0.1) is 11.6 Å². The van der Waals surface area contributed by atoms with Crippen molar-refractivity contribution >= 4 is 23.5 Å². The van der Waals surface area contributed by atoms with Gasteiger partial charge in [-0.15, -0.1) is 0 Å². The van der Waals surface area contributed by atoms with Crippen LogP contribution in [0.15, 0.2) is 36.4 Å². The van der Waals surface area contributed by atoms with E-state index in [9.17, 15) is 23.2 Å². The first-order valence-electron chi connectivity index (χ1n) is 9.29.